The number of nitrogens with zero attached hydrogens (tertiary/aromatic N) is 2. The molecule has 0 fully saturated rings. The lowest BCUT2D eigenvalue weighted by atomic mass is 10.3. The van der Waals surface area contributed by atoms with Gasteiger partial charge in [-0.15, -0.1) is 0 Å². The van der Waals surface area contributed by atoms with E-state index in [4.69, 9.17) is 4.52 Å². The molecular formula is C13H17N3O3S. The summed E-state index contributed by atoms with van der Waals surface area (Å²) < 4.78 is 30.1. The van der Waals surface area contributed by atoms with Gasteiger partial charge in [0, 0.05) is 25.8 Å². The molecule has 2 rings (SSSR count). The molecule has 2 aromatic rings. The summed E-state index contributed by atoms with van der Waals surface area (Å²) in [4.78, 5) is 0.267. The Morgan fingerprint density at radius 1 is 1.25 bits per heavy atom. The zero-order chi connectivity index (χ0) is 14.8. The van der Waals surface area contributed by atoms with E-state index in [9.17, 15) is 8.42 Å². The summed E-state index contributed by atoms with van der Waals surface area (Å²) >= 11 is 0. The smallest absolute Gasteiger partial charge is 0.242 e. The first-order valence-corrected chi connectivity index (χ1v) is 7.52. The molecule has 1 N–H and O–H groups in total. The van der Waals surface area contributed by atoms with E-state index in [1.54, 1.807) is 24.3 Å². The Hall–Kier alpha value is -1.86. The van der Waals surface area contributed by atoms with Crippen LogP contribution >= 0.6 is 0 Å². The lowest BCUT2D eigenvalue weighted by molar-refractivity contribution is 0.384. The average Bonchev–Trinajstić information content (AvgIpc) is 2.82. The highest BCUT2D eigenvalue weighted by molar-refractivity contribution is 7.89. The molecule has 108 valence electrons. The van der Waals surface area contributed by atoms with Crippen LogP contribution in [0.15, 0.2) is 39.8 Å². The summed E-state index contributed by atoms with van der Waals surface area (Å²) in [5, 5.41) is 6.93. The molecule has 0 unspecified atom stereocenters. The van der Waals surface area contributed by atoms with Gasteiger partial charge >= 0.3 is 0 Å². The Balaban J connectivity index is 2.05. The Kier molecular flexibility index (Phi) is 4.10. The maximum atomic E-state index is 11.9. The molecule has 0 aliphatic heterocycles. The molecule has 0 saturated carbocycles. The molecule has 6 nitrogen and oxygen atoms in total. The number of hydrogen-bond donors (Lipinski definition) is 1. The Labute approximate surface area is 118 Å². The third kappa shape index (κ3) is 3.17. The van der Waals surface area contributed by atoms with Gasteiger partial charge in [0.2, 0.25) is 10.0 Å². The second-order valence-corrected chi connectivity index (χ2v) is 6.75. The first-order valence-electron chi connectivity index (χ1n) is 6.08. The molecule has 0 spiro atoms. The predicted octanol–water partition coefficient (Wildman–Crippen LogP) is 1.85. The van der Waals surface area contributed by atoms with Crippen molar-refractivity contribution in [2.24, 2.45) is 0 Å². The summed E-state index contributed by atoms with van der Waals surface area (Å²) in [6.07, 6.45) is 0. The molecule has 20 heavy (non-hydrogen) atoms. The summed E-state index contributed by atoms with van der Waals surface area (Å²) in [6, 6.07) is 8.43. The van der Waals surface area contributed by atoms with Gasteiger partial charge in [-0.05, 0) is 31.2 Å². The Morgan fingerprint density at radius 2 is 1.90 bits per heavy atom. The molecular weight excluding hydrogens is 278 g/mol. The molecule has 0 saturated heterocycles. The molecule has 0 amide bonds. The fourth-order valence-corrected chi connectivity index (χ4v) is 2.55. The van der Waals surface area contributed by atoms with E-state index in [-0.39, 0.29) is 4.90 Å². The predicted molar refractivity (Wildman–Crippen MR) is 75.9 cm³/mol. The van der Waals surface area contributed by atoms with Gasteiger partial charge in [0.1, 0.15) is 0 Å². The summed E-state index contributed by atoms with van der Waals surface area (Å²) in [6.45, 7) is 2.36. The second kappa shape index (κ2) is 5.64. The van der Waals surface area contributed by atoms with Gasteiger partial charge in [0.05, 0.1) is 17.1 Å². The van der Waals surface area contributed by atoms with Crippen molar-refractivity contribution < 1.29 is 12.9 Å². The largest absolute Gasteiger partial charge is 0.378 e. The van der Waals surface area contributed by atoms with Crippen LogP contribution in [0.5, 0.6) is 0 Å². The fraction of sp³-hybridized carbons (Fsp3) is 0.308. The maximum Gasteiger partial charge on any atom is 0.242 e. The van der Waals surface area contributed by atoms with Crippen molar-refractivity contribution in [3.8, 4) is 0 Å². The van der Waals surface area contributed by atoms with E-state index in [1.807, 2.05) is 13.0 Å². The van der Waals surface area contributed by atoms with Crippen LogP contribution in [-0.2, 0) is 16.6 Å². The number of sulfonamides is 1. The van der Waals surface area contributed by atoms with Crippen molar-refractivity contribution in [3.63, 3.8) is 0 Å². The lowest BCUT2D eigenvalue weighted by Gasteiger charge is -2.11. The molecule has 7 heteroatoms. The first-order chi connectivity index (χ1) is 9.39. The van der Waals surface area contributed by atoms with E-state index in [0.29, 0.717) is 6.54 Å². The van der Waals surface area contributed by atoms with Gasteiger partial charge in [-0.25, -0.2) is 12.7 Å². The number of aromatic nitrogens is 1. The van der Waals surface area contributed by atoms with Gasteiger partial charge < -0.3 is 9.84 Å². The average molecular weight is 295 g/mol. The quantitative estimate of drug-likeness (QED) is 0.911. The minimum Gasteiger partial charge on any atom is -0.378 e. The molecule has 1 aromatic carbocycles. The number of nitrogens with one attached hydrogen (secondary N) is 1. The van der Waals surface area contributed by atoms with E-state index in [2.05, 4.69) is 10.5 Å². The molecule has 1 aromatic heterocycles. The van der Waals surface area contributed by atoms with Crippen molar-refractivity contribution in [1.29, 1.82) is 0 Å². The number of benzene rings is 1. The highest BCUT2D eigenvalue weighted by Crippen LogP contribution is 2.17. The highest BCUT2D eigenvalue weighted by atomic mass is 32.2. The van der Waals surface area contributed by atoms with Gasteiger partial charge in [0.25, 0.3) is 0 Å². The second-order valence-electron chi connectivity index (χ2n) is 4.60. The summed E-state index contributed by atoms with van der Waals surface area (Å²) in [5.74, 6) is 0.729. The monoisotopic (exact) mass is 295 g/mol. The van der Waals surface area contributed by atoms with E-state index >= 15 is 0 Å². The van der Waals surface area contributed by atoms with Crippen LogP contribution < -0.4 is 5.32 Å². The number of aryl methyl sites for hydroxylation is 1. The van der Waals surface area contributed by atoms with Crippen LogP contribution in [0.1, 0.15) is 11.5 Å². The van der Waals surface area contributed by atoms with Crippen molar-refractivity contribution in [1.82, 2.24) is 9.46 Å². The number of rotatable bonds is 5. The minimum absolute atomic E-state index is 0.267. The topological polar surface area (TPSA) is 75.4 Å². The van der Waals surface area contributed by atoms with Crippen molar-refractivity contribution in [3.05, 3.63) is 41.8 Å². The van der Waals surface area contributed by atoms with Crippen LogP contribution in [-0.4, -0.2) is 32.0 Å². The van der Waals surface area contributed by atoms with Gasteiger partial charge in [-0.1, -0.05) is 5.16 Å². The maximum absolute atomic E-state index is 11.9. The lowest BCUT2D eigenvalue weighted by Crippen LogP contribution is -2.22. The molecule has 1 heterocycles. The Morgan fingerprint density at radius 3 is 2.40 bits per heavy atom. The standard InChI is InChI=1S/C13H17N3O3S/c1-10-8-12(19-15-10)9-14-11-4-6-13(7-5-11)20(17,18)16(2)3/h4-8,14H,9H2,1-3H3. The normalized spacial score (nSPS) is 11.8. The van der Waals surface area contributed by atoms with Crippen LogP contribution in [0.4, 0.5) is 5.69 Å². The summed E-state index contributed by atoms with van der Waals surface area (Å²) in [7, 11) is -0.365. The summed E-state index contributed by atoms with van der Waals surface area (Å²) in [5.41, 5.74) is 1.64. The molecule has 0 radical (unpaired) electrons. The zero-order valence-electron chi connectivity index (χ0n) is 11.6. The van der Waals surface area contributed by atoms with Crippen LogP contribution in [0, 0.1) is 6.92 Å². The van der Waals surface area contributed by atoms with E-state index in [0.717, 1.165) is 17.1 Å². The van der Waals surface area contributed by atoms with Crippen LogP contribution in [0.2, 0.25) is 0 Å². The molecule has 0 bridgehead atoms. The van der Waals surface area contributed by atoms with Gasteiger partial charge in [-0.3, -0.25) is 0 Å². The van der Waals surface area contributed by atoms with Crippen molar-refractivity contribution in [2.45, 2.75) is 18.4 Å². The van der Waals surface area contributed by atoms with Crippen LogP contribution in [0.3, 0.4) is 0 Å². The van der Waals surface area contributed by atoms with Crippen molar-refractivity contribution in [2.75, 3.05) is 19.4 Å². The molecule has 0 aliphatic carbocycles. The number of hydrogen-bond acceptors (Lipinski definition) is 5. The van der Waals surface area contributed by atoms with E-state index in [1.165, 1.54) is 18.4 Å². The van der Waals surface area contributed by atoms with Gasteiger partial charge in [-0.2, -0.15) is 0 Å². The SMILES string of the molecule is Cc1cc(CNc2ccc(S(=O)(=O)N(C)C)cc2)on1. The van der Waals surface area contributed by atoms with Crippen molar-refractivity contribution >= 4 is 15.7 Å². The highest BCUT2D eigenvalue weighted by Gasteiger charge is 2.16. The Bertz CT molecular complexity index is 675. The molecule has 0 aliphatic rings. The van der Waals surface area contributed by atoms with E-state index < -0.39 is 10.0 Å². The number of anilines is 1. The van der Waals surface area contributed by atoms with Crippen LogP contribution in [0.25, 0.3) is 0 Å². The van der Waals surface area contributed by atoms with Gasteiger partial charge in [0.15, 0.2) is 5.76 Å². The zero-order valence-corrected chi connectivity index (χ0v) is 12.4. The fourth-order valence-electron chi connectivity index (χ4n) is 1.64. The minimum atomic E-state index is -3.38. The molecule has 0 atom stereocenters. The first kappa shape index (κ1) is 14.5. The third-order valence-corrected chi connectivity index (χ3v) is 4.61. The third-order valence-electron chi connectivity index (χ3n) is 2.78.